The van der Waals surface area contributed by atoms with Gasteiger partial charge in [0.2, 0.25) is 0 Å². The zero-order valence-corrected chi connectivity index (χ0v) is 17.7. The molecule has 2 aromatic rings. The highest BCUT2D eigenvalue weighted by Gasteiger charge is 2.41. The van der Waals surface area contributed by atoms with Crippen molar-refractivity contribution in [3.8, 4) is 0 Å². The van der Waals surface area contributed by atoms with Crippen LogP contribution in [-0.2, 0) is 12.4 Å². The third kappa shape index (κ3) is 4.85. The van der Waals surface area contributed by atoms with Crippen LogP contribution in [0.5, 0.6) is 0 Å². The van der Waals surface area contributed by atoms with E-state index >= 15 is 0 Å². The van der Waals surface area contributed by atoms with E-state index in [9.17, 15) is 31.1 Å². The molecule has 172 valence electrons. The van der Waals surface area contributed by atoms with E-state index in [0.717, 1.165) is 41.4 Å². The highest BCUT2D eigenvalue weighted by molar-refractivity contribution is 6.32. The van der Waals surface area contributed by atoms with E-state index < -0.39 is 39.9 Å². The number of carbonyl (C=O) groups excluding carboxylic acids is 1. The fourth-order valence-corrected chi connectivity index (χ4v) is 3.60. The van der Waals surface area contributed by atoms with E-state index in [-0.39, 0.29) is 12.2 Å². The van der Waals surface area contributed by atoms with Crippen molar-refractivity contribution in [3.63, 3.8) is 0 Å². The van der Waals surface area contributed by atoms with E-state index in [1.54, 1.807) is 0 Å². The number of amides is 2. The number of halogens is 7. The van der Waals surface area contributed by atoms with E-state index in [0.29, 0.717) is 17.7 Å². The predicted molar refractivity (Wildman–Crippen MR) is 109 cm³/mol. The van der Waals surface area contributed by atoms with Crippen molar-refractivity contribution in [1.82, 2.24) is 5.01 Å². The molecule has 32 heavy (non-hydrogen) atoms. The van der Waals surface area contributed by atoms with Gasteiger partial charge < -0.3 is 5.32 Å². The Bertz CT molecular complexity index is 1050. The summed E-state index contributed by atoms with van der Waals surface area (Å²) in [5.74, 6) is 0. The number of hydrazone groups is 1. The number of urea groups is 1. The molecule has 2 amide bonds. The molecule has 1 atom stereocenters. The van der Waals surface area contributed by atoms with Gasteiger partial charge in [0.25, 0.3) is 0 Å². The Morgan fingerprint density at radius 1 is 1.09 bits per heavy atom. The molecule has 0 saturated heterocycles. The first-order valence-electron chi connectivity index (χ1n) is 9.46. The van der Waals surface area contributed by atoms with Crippen LogP contribution in [0.25, 0.3) is 0 Å². The standard InChI is InChI=1S/C21H18ClF6N3O/c1-3-19(2)11-31(18(32)29-14-7-5-13(6-8-14)20(23,24)25)30-17(19)12-4-9-15(16(22)10-12)21(26,27)28/h4-10H,3,11H2,1-2H3,(H,29,32). The fraction of sp³-hybridized carbons (Fsp3) is 0.333. The van der Waals surface area contributed by atoms with Gasteiger partial charge in [-0.25, -0.2) is 9.80 Å². The van der Waals surface area contributed by atoms with Gasteiger partial charge >= 0.3 is 18.4 Å². The third-order valence-electron chi connectivity index (χ3n) is 5.32. The second-order valence-electron chi connectivity index (χ2n) is 7.62. The Morgan fingerprint density at radius 2 is 1.72 bits per heavy atom. The molecule has 1 N–H and O–H groups in total. The zero-order valence-electron chi connectivity index (χ0n) is 16.9. The van der Waals surface area contributed by atoms with Crippen LogP contribution in [0.15, 0.2) is 47.6 Å². The maximum absolute atomic E-state index is 13.0. The van der Waals surface area contributed by atoms with Crippen molar-refractivity contribution in [1.29, 1.82) is 0 Å². The number of nitrogens with one attached hydrogen (secondary N) is 1. The number of anilines is 1. The maximum atomic E-state index is 13.0. The highest BCUT2D eigenvalue weighted by Crippen LogP contribution is 2.39. The van der Waals surface area contributed by atoms with E-state index in [1.807, 2.05) is 13.8 Å². The lowest BCUT2D eigenvalue weighted by atomic mass is 9.80. The summed E-state index contributed by atoms with van der Waals surface area (Å²) in [5.41, 5.74) is -1.62. The van der Waals surface area contributed by atoms with Gasteiger partial charge in [0.15, 0.2) is 0 Å². The van der Waals surface area contributed by atoms with Crippen molar-refractivity contribution in [2.75, 3.05) is 11.9 Å². The van der Waals surface area contributed by atoms with Gasteiger partial charge in [-0.2, -0.15) is 31.4 Å². The SMILES string of the molecule is CCC1(C)CN(C(=O)Nc2ccc(C(F)(F)F)cc2)N=C1c1ccc(C(F)(F)F)c(Cl)c1. The second kappa shape index (κ2) is 8.31. The van der Waals surface area contributed by atoms with Gasteiger partial charge in [-0.15, -0.1) is 0 Å². The molecule has 11 heteroatoms. The van der Waals surface area contributed by atoms with Gasteiger partial charge in [-0.1, -0.05) is 31.5 Å². The normalized spacial score (nSPS) is 19.2. The molecule has 3 rings (SSSR count). The predicted octanol–water partition coefficient (Wildman–Crippen LogP) is 7.05. The van der Waals surface area contributed by atoms with Crippen LogP contribution in [0.2, 0.25) is 5.02 Å². The molecule has 1 aliphatic heterocycles. The molecule has 0 saturated carbocycles. The molecule has 0 bridgehead atoms. The quantitative estimate of drug-likeness (QED) is 0.473. The summed E-state index contributed by atoms with van der Waals surface area (Å²) in [6.07, 6.45) is -8.58. The largest absolute Gasteiger partial charge is 0.417 e. The Hall–Kier alpha value is -2.75. The summed E-state index contributed by atoms with van der Waals surface area (Å²) in [6, 6.07) is 6.52. The third-order valence-corrected chi connectivity index (χ3v) is 5.63. The summed E-state index contributed by atoms with van der Waals surface area (Å²) in [7, 11) is 0. The first kappa shape index (κ1) is 23.9. The van der Waals surface area contributed by atoms with Gasteiger partial charge in [0.05, 0.1) is 28.4 Å². The summed E-state index contributed by atoms with van der Waals surface area (Å²) < 4.78 is 77.1. The van der Waals surface area contributed by atoms with Crippen molar-refractivity contribution < 1.29 is 31.1 Å². The first-order chi connectivity index (χ1) is 14.7. The second-order valence-corrected chi connectivity index (χ2v) is 8.03. The number of hydrogen-bond acceptors (Lipinski definition) is 2. The average molecular weight is 478 g/mol. The Kier molecular flexibility index (Phi) is 6.21. The summed E-state index contributed by atoms with van der Waals surface area (Å²) >= 11 is 5.83. The molecule has 0 fully saturated rings. The monoisotopic (exact) mass is 477 g/mol. The summed E-state index contributed by atoms with van der Waals surface area (Å²) in [5, 5.41) is 7.38. The maximum Gasteiger partial charge on any atom is 0.417 e. The molecule has 0 aliphatic carbocycles. The first-order valence-corrected chi connectivity index (χ1v) is 9.84. The van der Waals surface area contributed by atoms with Crippen molar-refractivity contribution >= 4 is 29.0 Å². The molecule has 0 aromatic heterocycles. The number of hydrogen-bond donors (Lipinski definition) is 1. The number of rotatable bonds is 3. The Morgan fingerprint density at radius 3 is 2.22 bits per heavy atom. The van der Waals surface area contributed by atoms with Gasteiger partial charge in [0, 0.05) is 11.1 Å². The molecule has 4 nitrogen and oxygen atoms in total. The van der Waals surface area contributed by atoms with Crippen LogP contribution in [0, 0.1) is 5.41 Å². The van der Waals surface area contributed by atoms with Gasteiger partial charge in [0.1, 0.15) is 0 Å². The van der Waals surface area contributed by atoms with Crippen LogP contribution < -0.4 is 5.32 Å². The molecule has 2 aromatic carbocycles. The smallest absolute Gasteiger partial charge is 0.306 e. The Labute approximate surface area is 184 Å². The van der Waals surface area contributed by atoms with Crippen LogP contribution in [0.4, 0.5) is 36.8 Å². The molecule has 1 unspecified atom stereocenters. The molecule has 1 heterocycles. The van der Waals surface area contributed by atoms with Crippen molar-refractivity contribution in [3.05, 3.63) is 64.2 Å². The van der Waals surface area contributed by atoms with Crippen LogP contribution in [0.3, 0.4) is 0 Å². The van der Waals surface area contributed by atoms with Crippen LogP contribution >= 0.6 is 11.6 Å². The van der Waals surface area contributed by atoms with Crippen molar-refractivity contribution in [2.45, 2.75) is 32.6 Å². The molecule has 0 radical (unpaired) electrons. The summed E-state index contributed by atoms with van der Waals surface area (Å²) in [4.78, 5) is 12.6. The fourth-order valence-electron chi connectivity index (χ4n) is 3.31. The lowest BCUT2D eigenvalue weighted by Crippen LogP contribution is -2.35. The minimum absolute atomic E-state index is 0.129. The van der Waals surface area contributed by atoms with Crippen LogP contribution in [0.1, 0.15) is 37.0 Å². The van der Waals surface area contributed by atoms with Crippen molar-refractivity contribution in [2.24, 2.45) is 10.5 Å². The average Bonchev–Trinajstić information content (AvgIpc) is 3.05. The minimum Gasteiger partial charge on any atom is -0.306 e. The van der Waals surface area contributed by atoms with Gasteiger partial charge in [-0.3, -0.25) is 0 Å². The molecule has 1 aliphatic rings. The van der Waals surface area contributed by atoms with Gasteiger partial charge in [-0.05, 0) is 48.4 Å². The zero-order chi connectivity index (χ0) is 23.9. The van der Waals surface area contributed by atoms with Crippen LogP contribution in [-0.4, -0.2) is 23.3 Å². The number of benzene rings is 2. The number of nitrogens with zero attached hydrogens (tertiary/aromatic N) is 2. The number of alkyl halides is 6. The lowest BCUT2D eigenvalue weighted by Gasteiger charge is -2.25. The van der Waals surface area contributed by atoms with E-state index in [1.165, 1.54) is 6.07 Å². The Balaban J connectivity index is 1.85. The molecular weight excluding hydrogens is 460 g/mol. The summed E-state index contributed by atoms with van der Waals surface area (Å²) in [6.45, 7) is 3.78. The molecule has 0 spiro atoms. The van der Waals surface area contributed by atoms with E-state index in [2.05, 4.69) is 10.4 Å². The topological polar surface area (TPSA) is 44.7 Å². The van der Waals surface area contributed by atoms with E-state index in [4.69, 9.17) is 11.6 Å². The molecular formula is C21H18ClF6N3O. The minimum atomic E-state index is -4.60. The number of carbonyl (C=O) groups is 1. The highest BCUT2D eigenvalue weighted by atomic mass is 35.5. The lowest BCUT2D eigenvalue weighted by molar-refractivity contribution is -0.138.